The predicted octanol–water partition coefficient (Wildman–Crippen LogP) is 4.68. The molecule has 1 heterocycles. The molecule has 2 aromatic rings. The van der Waals surface area contributed by atoms with E-state index in [-0.39, 0.29) is 6.04 Å². The molecule has 0 radical (unpaired) electrons. The summed E-state index contributed by atoms with van der Waals surface area (Å²) >= 11 is 1.99. The third kappa shape index (κ3) is 2.49. The highest BCUT2D eigenvalue weighted by molar-refractivity contribution is 7.99. The lowest BCUT2D eigenvalue weighted by molar-refractivity contribution is 0.403. The van der Waals surface area contributed by atoms with Gasteiger partial charge in [0.2, 0.25) is 0 Å². The van der Waals surface area contributed by atoms with Crippen molar-refractivity contribution in [3.63, 3.8) is 0 Å². The molecule has 1 saturated carbocycles. The molecule has 20 heavy (non-hydrogen) atoms. The average Bonchev–Trinajstić information content (AvgIpc) is 3.04. The van der Waals surface area contributed by atoms with Gasteiger partial charge in [0.05, 0.1) is 6.04 Å². The Labute approximate surface area is 125 Å². The van der Waals surface area contributed by atoms with Crippen molar-refractivity contribution >= 4 is 22.7 Å². The van der Waals surface area contributed by atoms with Crippen molar-refractivity contribution in [1.82, 2.24) is 5.32 Å². The van der Waals surface area contributed by atoms with Gasteiger partial charge in [0.15, 0.2) is 0 Å². The maximum absolute atomic E-state index is 6.07. The molecule has 3 heteroatoms. The molecular weight excluding hydrogens is 266 g/mol. The molecule has 1 N–H and O–H groups in total. The fourth-order valence-corrected chi connectivity index (χ4v) is 4.35. The monoisotopic (exact) mass is 289 g/mol. The van der Waals surface area contributed by atoms with Crippen LogP contribution in [0.3, 0.4) is 0 Å². The van der Waals surface area contributed by atoms with E-state index in [2.05, 4.69) is 43.6 Å². The van der Waals surface area contributed by atoms with Crippen LogP contribution in [0.4, 0.5) is 0 Å². The summed E-state index contributed by atoms with van der Waals surface area (Å²) in [6.07, 6.45) is 6.19. The minimum Gasteiger partial charge on any atom is -0.459 e. The summed E-state index contributed by atoms with van der Waals surface area (Å²) in [5.41, 5.74) is 2.28. The van der Waals surface area contributed by atoms with Crippen molar-refractivity contribution in [3.8, 4) is 0 Å². The highest BCUT2D eigenvalue weighted by Gasteiger charge is 2.29. The third-order valence-corrected chi connectivity index (χ3v) is 5.66. The van der Waals surface area contributed by atoms with Gasteiger partial charge in [-0.05, 0) is 44.6 Å². The molecule has 0 spiro atoms. The van der Waals surface area contributed by atoms with Crippen LogP contribution >= 0.6 is 11.8 Å². The Morgan fingerprint density at radius 1 is 1.30 bits per heavy atom. The van der Waals surface area contributed by atoms with Crippen LogP contribution in [0, 0.1) is 6.92 Å². The van der Waals surface area contributed by atoms with Gasteiger partial charge in [-0.1, -0.05) is 24.6 Å². The zero-order chi connectivity index (χ0) is 14.1. The Balaban J connectivity index is 1.82. The van der Waals surface area contributed by atoms with E-state index >= 15 is 0 Å². The van der Waals surface area contributed by atoms with Gasteiger partial charge in [-0.25, -0.2) is 0 Å². The summed E-state index contributed by atoms with van der Waals surface area (Å²) in [7, 11) is 0. The Bertz CT molecular complexity index is 592. The number of para-hydroxylation sites is 1. The van der Waals surface area contributed by atoms with Crippen LogP contribution in [0.2, 0.25) is 0 Å². The quantitative estimate of drug-likeness (QED) is 0.885. The van der Waals surface area contributed by atoms with E-state index in [1.807, 2.05) is 17.8 Å². The van der Waals surface area contributed by atoms with Crippen LogP contribution in [0.1, 0.15) is 43.6 Å². The van der Waals surface area contributed by atoms with Crippen LogP contribution in [0.25, 0.3) is 11.0 Å². The van der Waals surface area contributed by atoms with Gasteiger partial charge in [-0.15, -0.1) is 0 Å². The summed E-state index contributed by atoms with van der Waals surface area (Å²) in [6, 6.07) is 9.21. The Morgan fingerprint density at radius 3 is 2.85 bits per heavy atom. The molecule has 3 unspecified atom stereocenters. The van der Waals surface area contributed by atoms with Gasteiger partial charge in [-0.3, -0.25) is 0 Å². The van der Waals surface area contributed by atoms with Crippen molar-refractivity contribution < 1.29 is 4.42 Å². The van der Waals surface area contributed by atoms with Gasteiger partial charge in [0.25, 0.3) is 0 Å². The average molecular weight is 289 g/mol. The van der Waals surface area contributed by atoms with Crippen LogP contribution in [0.15, 0.2) is 28.7 Å². The second kappa shape index (κ2) is 5.82. The molecule has 0 amide bonds. The second-order valence-corrected chi connectivity index (χ2v) is 6.86. The van der Waals surface area contributed by atoms with E-state index in [1.165, 1.54) is 30.2 Å². The molecule has 0 aliphatic heterocycles. The van der Waals surface area contributed by atoms with Crippen molar-refractivity contribution in [2.24, 2.45) is 0 Å². The molecule has 3 atom stereocenters. The fraction of sp³-hybridized carbons (Fsp3) is 0.529. The minimum absolute atomic E-state index is 0.278. The molecule has 1 fully saturated rings. The van der Waals surface area contributed by atoms with Crippen molar-refractivity contribution in [2.45, 2.75) is 50.4 Å². The van der Waals surface area contributed by atoms with E-state index in [4.69, 9.17) is 4.42 Å². The van der Waals surface area contributed by atoms with Crippen molar-refractivity contribution in [2.75, 3.05) is 6.26 Å². The van der Waals surface area contributed by atoms with Gasteiger partial charge in [0, 0.05) is 16.7 Å². The number of aryl methyl sites for hydroxylation is 1. The smallest absolute Gasteiger partial charge is 0.134 e. The molecular formula is C17H23NOS. The fourth-order valence-electron chi connectivity index (χ4n) is 3.40. The maximum atomic E-state index is 6.07. The van der Waals surface area contributed by atoms with E-state index in [0.717, 1.165) is 16.6 Å². The van der Waals surface area contributed by atoms with Crippen LogP contribution in [0.5, 0.6) is 0 Å². The molecule has 1 aromatic heterocycles. The Morgan fingerprint density at radius 2 is 2.10 bits per heavy atom. The lowest BCUT2D eigenvalue weighted by Crippen LogP contribution is -2.35. The summed E-state index contributed by atoms with van der Waals surface area (Å²) in [4.78, 5) is 0. The number of fused-ring (bicyclic) bond motifs is 1. The molecule has 2 nitrogen and oxygen atoms in total. The zero-order valence-corrected chi connectivity index (χ0v) is 13.3. The zero-order valence-electron chi connectivity index (χ0n) is 12.5. The van der Waals surface area contributed by atoms with Crippen LogP contribution < -0.4 is 5.32 Å². The number of hydrogen-bond donors (Lipinski definition) is 1. The third-order valence-electron chi connectivity index (χ3n) is 4.49. The molecule has 1 aromatic carbocycles. The first-order valence-electron chi connectivity index (χ1n) is 7.47. The topological polar surface area (TPSA) is 25.2 Å². The number of nitrogens with one attached hydrogen (secondary N) is 1. The van der Waals surface area contributed by atoms with Crippen molar-refractivity contribution in [3.05, 3.63) is 35.6 Å². The number of benzene rings is 1. The summed E-state index contributed by atoms with van der Waals surface area (Å²) in [6.45, 7) is 4.39. The molecule has 108 valence electrons. The van der Waals surface area contributed by atoms with E-state index in [1.54, 1.807) is 0 Å². The second-order valence-electron chi connectivity index (χ2n) is 5.79. The number of hydrogen-bond acceptors (Lipinski definition) is 3. The number of rotatable bonds is 4. The Hall–Kier alpha value is -0.930. The summed E-state index contributed by atoms with van der Waals surface area (Å²) < 4.78 is 6.07. The molecule has 0 bridgehead atoms. The van der Waals surface area contributed by atoms with Gasteiger partial charge in [0.1, 0.15) is 11.3 Å². The first-order valence-corrected chi connectivity index (χ1v) is 8.76. The highest BCUT2D eigenvalue weighted by atomic mass is 32.2. The standard InChI is InChI=1S/C17H23NOS/c1-11-13-7-4-5-9-15(13)19-17(11)12(2)18-14-8-6-10-16(14)20-3/h4-5,7,9,12,14,16,18H,6,8,10H2,1-3H3. The van der Waals surface area contributed by atoms with Crippen LogP contribution in [-0.2, 0) is 0 Å². The molecule has 0 saturated heterocycles. The number of thioether (sulfide) groups is 1. The lowest BCUT2D eigenvalue weighted by Gasteiger charge is -2.23. The van der Waals surface area contributed by atoms with E-state index < -0.39 is 0 Å². The van der Waals surface area contributed by atoms with Crippen molar-refractivity contribution in [1.29, 1.82) is 0 Å². The molecule has 1 aliphatic carbocycles. The normalized spacial score (nSPS) is 24.4. The van der Waals surface area contributed by atoms with E-state index in [9.17, 15) is 0 Å². The summed E-state index contributed by atoms with van der Waals surface area (Å²) in [5.74, 6) is 1.10. The molecule has 3 rings (SSSR count). The minimum atomic E-state index is 0.278. The summed E-state index contributed by atoms with van der Waals surface area (Å²) in [5, 5.41) is 5.78. The first kappa shape index (κ1) is 14.0. The van der Waals surface area contributed by atoms with E-state index in [0.29, 0.717) is 6.04 Å². The largest absolute Gasteiger partial charge is 0.459 e. The van der Waals surface area contributed by atoms with Crippen LogP contribution in [-0.4, -0.2) is 17.5 Å². The predicted molar refractivity (Wildman–Crippen MR) is 87.4 cm³/mol. The maximum Gasteiger partial charge on any atom is 0.134 e. The SMILES string of the molecule is CSC1CCCC1NC(C)c1oc2ccccc2c1C. The first-order chi connectivity index (χ1) is 9.70. The van der Waals surface area contributed by atoms with Gasteiger partial charge >= 0.3 is 0 Å². The highest BCUT2D eigenvalue weighted by Crippen LogP contribution is 2.33. The Kier molecular flexibility index (Phi) is 4.08. The van der Waals surface area contributed by atoms with Gasteiger partial charge in [-0.2, -0.15) is 11.8 Å². The number of furan rings is 1. The van der Waals surface area contributed by atoms with Gasteiger partial charge < -0.3 is 9.73 Å². The lowest BCUT2D eigenvalue weighted by atomic mass is 10.1. The molecule has 1 aliphatic rings.